The van der Waals surface area contributed by atoms with Crippen LogP contribution < -0.4 is 5.32 Å². The molecule has 1 fully saturated rings. The van der Waals surface area contributed by atoms with Crippen LogP contribution in [0.4, 0.5) is 0 Å². The second-order valence-corrected chi connectivity index (χ2v) is 11.1. The lowest BCUT2D eigenvalue weighted by molar-refractivity contribution is -0.150. The molecule has 1 amide bonds. The number of amides is 1. The molecule has 1 spiro atoms. The summed E-state index contributed by atoms with van der Waals surface area (Å²) in [5, 5.41) is 36.8. The molecule has 0 radical (unpaired) electrons. The van der Waals surface area contributed by atoms with Crippen molar-refractivity contribution in [2.24, 2.45) is 23.2 Å². The van der Waals surface area contributed by atoms with Gasteiger partial charge in [-0.15, -0.1) is 0 Å². The average Bonchev–Trinajstić information content (AvgIpc) is 3.37. The molecule has 3 aliphatic rings. The van der Waals surface area contributed by atoms with Gasteiger partial charge in [0.25, 0.3) is 0 Å². The summed E-state index contributed by atoms with van der Waals surface area (Å²) in [6.07, 6.45) is 1.58. The van der Waals surface area contributed by atoms with Gasteiger partial charge in [-0.2, -0.15) is 0 Å². The highest BCUT2D eigenvalue weighted by molar-refractivity contribution is 6.10. The lowest BCUT2D eigenvalue weighted by atomic mass is 9.54. The molecular formula is C29H36N2O5. The van der Waals surface area contributed by atoms with E-state index in [1.807, 2.05) is 57.2 Å². The highest BCUT2D eigenvalue weighted by atomic mass is 16.3. The molecule has 1 aromatic heterocycles. The largest absolute Gasteiger partial charge is 0.390 e. The fraction of sp³-hybridized carbons (Fsp3) is 0.517. The van der Waals surface area contributed by atoms with Gasteiger partial charge < -0.3 is 25.6 Å². The summed E-state index contributed by atoms with van der Waals surface area (Å²) in [4.78, 5) is 31.4. The van der Waals surface area contributed by atoms with Crippen LogP contribution >= 0.6 is 0 Å². The van der Waals surface area contributed by atoms with E-state index in [0.29, 0.717) is 19.3 Å². The SMILES string of the molecule is CC1=C(C)[C@H]2[C@H](Cc3cc4ccccc4[nH]3)NC(=O)[C@@]23C(=O)C[C@@H](O)[C@H](O)CC(C)C/C=C/[C@H]3[C@@H]1O. The highest BCUT2D eigenvalue weighted by Crippen LogP contribution is 2.55. The van der Waals surface area contributed by atoms with Crippen LogP contribution in [0.5, 0.6) is 0 Å². The minimum Gasteiger partial charge on any atom is -0.390 e. The number of nitrogens with one attached hydrogen (secondary N) is 2. The number of H-pyrrole nitrogens is 1. The summed E-state index contributed by atoms with van der Waals surface area (Å²) >= 11 is 0. The van der Waals surface area contributed by atoms with E-state index >= 15 is 0 Å². The zero-order valence-electron chi connectivity index (χ0n) is 21.1. The standard InChI is InChI=1S/C29H36N2O5/c1-15-7-6-9-20-27(35)17(3)16(2)26-22(13-19-12-18-8-4-5-10-21(18)30-19)31-28(36)29(20,26)25(34)14-24(33)23(32)11-15/h4-6,8-10,12,15,20,22-24,26-27,30,32-33,35H,7,11,13-14H2,1-3H3,(H,31,36)/b9-6+/t15?,20-,22-,23+,24+,26-,27+,29-/m0/s1. The van der Waals surface area contributed by atoms with Crippen molar-refractivity contribution in [1.82, 2.24) is 10.3 Å². The maximum atomic E-state index is 14.1. The van der Waals surface area contributed by atoms with Gasteiger partial charge in [0, 0.05) is 41.9 Å². The first kappa shape index (κ1) is 24.9. The zero-order chi connectivity index (χ0) is 25.8. The van der Waals surface area contributed by atoms with Crippen molar-refractivity contribution in [3.8, 4) is 0 Å². The summed E-state index contributed by atoms with van der Waals surface area (Å²) in [5.41, 5.74) is 2.02. The summed E-state index contributed by atoms with van der Waals surface area (Å²) in [5.74, 6) is -1.98. The number of para-hydroxylation sites is 1. The fourth-order valence-corrected chi connectivity index (χ4v) is 6.84. The van der Waals surface area contributed by atoms with E-state index < -0.39 is 47.3 Å². The highest BCUT2D eigenvalue weighted by Gasteiger charge is 2.66. The Hall–Kier alpha value is -2.74. The van der Waals surface area contributed by atoms with Crippen molar-refractivity contribution >= 4 is 22.6 Å². The molecule has 7 nitrogen and oxygen atoms in total. The first-order valence-corrected chi connectivity index (χ1v) is 12.9. The van der Waals surface area contributed by atoms with Crippen LogP contribution in [0, 0.1) is 23.2 Å². The third-order valence-corrected chi connectivity index (χ3v) is 8.83. The van der Waals surface area contributed by atoms with E-state index in [-0.39, 0.29) is 18.4 Å². The lowest BCUT2D eigenvalue weighted by Gasteiger charge is -2.46. The topological polar surface area (TPSA) is 123 Å². The van der Waals surface area contributed by atoms with Gasteiger partial charge in [0.2, 0.25) is 5.91 Å². The normalized spacial score (nSPS) is 38.3. The molecule has 2 aromatic rings. The summed E-state index contributed by atoms with van der Waals surface area (Å²) < 4.78 is 0. The number of fused-ring (bicyclic) bond motifs is 1. The first-order valence-electron chi connectivity index (χ1n) is 12.9. The van der Waals surface area contributed by atoms with Crippen LogP contribution in [-0.2, 0) is 16.0 Å². The lowest BCUT2D eigenvalue weighted by Crippen LogP contribution is -2.56. The number of Topliss-reactive ketones (excluding diaryl/α,β-unsaturated/α-hetero) is 1. The third-order valence-electron chi connectivity index (χ3n) is 8.83. The number of allylic oxidation sites excluding steroid dienone is 1. The monoisotopic (exact) mass is 492 g/mol. The number of aliphatic hydroxyl groups is 3. The van der Waals surface area contributed by atoms with Gasteiger partial charge in [-0.3, -0.25) is 9.59 Å². The molecule has 5 N–H and O–H groups in total. The molecule has 1 saturated heterocycles. The van der Waals surface area contributed by atoms with Gasteiger partial charge in [0.05, 0.1) is 18.3 Å². The minimum atomic E-state index is -1.55. The number of rotatable bonds is 2. The van der Waals surface area contributed by atoms with Gasteiger partial charge in [-0.1, -0.05) is 42.8 Å². The molecule has 1 unspecified atom stereocenters. The molecule has 1 aromatic carbocycles. The van der Waals surface area contributed by atoms with Crippen molar-refractivity contribution in [3.05, 3.63) is 59.3 Å². The Labute approximate surface area is 211 Å². The molecule has 0 saturated carbocycles. The van der Waals surface area contributed by atoms with Crippen LogP contribution in [0.2, 0.25) is 0 Å². The van der Waals surface area contributed by atoms with Crippen LogP contribution in [0.25, 0.3) is 10.9 Å². The number of hydrogen-bond acceptors (Lipinski definition) is 5. The summed E-state index contributed by atoms with van der Waals surface area (Å²) in [7, 11) is 0. The molecule has 2 aliphatic carbocycles. The van der Waals surface area contributed by atoms with Crippen molar-refractivity contribution in [1.29, 1.82) is 0 Å². The Morgan fingerprint density at radius 2 is 1.81 bits per heavy atom. The van der Waals surface area contributed by atoms with Gasteiger partial charge >= 0.3 is 0 Å². The van der Waals surface area contributed by atoms with Crippen LogP contribution in [0.3, 0.4) is 0 Å². The van der Waals surface area contributed by atoms with Crippen molar-refractivity contribution in [2.45, 2.75) is 70.8 Å². The predicted molar refractivity (Wildman–Crippen MR) is 137 cm³/mol. The number of aliphatic hydroxyl groups excluding tert-OH is 3. The molecule has 1 aliphatic heterocycles. The van der Waals surface area contributed by atoms with Crippen LogP contribution in [-0.4, -0.2) is 56.3 Å². The number of aromatic amines is 1. The number of aromatic nitrogens is 1. The van der Waals surface area contributed by atoms with Crippen molar-refractivity contribution < 1.29 is 24.9 Å². The third kappa shape index (κ3) is 3.85. The van der Waals surface area contributed by atoms with Gasteiger partial charge in [-0.25, -0.2) is 0 Å². The van der Waals surface area contributed by atoms with E-state index in [1.165, 1.54) is 0 Å². The number of carbonyl (C=O) groups is 2. The molecular weight excluding hydrogens is 456 g/mol. The van der Waals surface area contributed by atoms with Crippen LogP contribution in [0.15, 0.2) is 53.6 Å². The maximum Gasteiger partial charge on any atom is 0.235 e. The summed E-state index contributed by atoms with van der Waals surface area (Å²) in [6.45, 7) is 5.75. The van der Waals surface area contributed by atoms with Crippen molar-refractivity contribution in [2.75, 3.05) is 0 Å². The maximum absolute atomic E-state index is 14.1. The number of benzene rings is 1. The molecule has 5 rings (SSSR count). The molecule has 8 atom stereocenters. The van der Waals surface area contributed by atoms with Crippen molar-refractivity contribution in [3.63, 3.8) is 0 Å². The number of hydrogen-bond donors (Lipinski definition) is 5. The molecule has 36 heavy (non-hydrogen) atoms. The van der Waals surface area contributed by atoms with E-state index in [4.69, 9.17) is 0 Å². The Kier molecular flexibility index (Phi) is 6.43. The second kappa shape index (κ2) is 9.29. The smallest absolute Gasteiger partial charge is 0.235 e. The van der Waals surface area contributed by atoms with E-state index in [9.17, 15) is 24.9 Å². The van der Waals surface area contributed by atoms with E-state index in [2.05, 4.69) is 16.4 Å². The first-order chi connectivity index (χ1) is 17.1. The Morgan fingerprint density at radius 1 is 1.06 bits per heavy atom. The fourth-order valence-electron chi connectivity index (χ4n) is 6.84. The molecule has 0 bridgehead atoms. The average molecular weight is 493 g/mol. The van der Waals surface area contributed by atoms with Crippen LogP contribution in [0.1, 0.15) is 45.7 Å². The molecule has 7 heteroatoms. The summed E-state index contributed by atoms with van der Waals surface area (Å²) in [6, 6.07) is 9.67. The Morgan fingerprint density at radius 3 is 2.56 bits per heavy atom. The second-order valence-electron chi connectivity index (χ2n) is 11.1. The van der Waals surface area contributed by atoms with Gasteiger partial charge in [0.1, 0.15) is 5.41 Å². The van der Waals surface area contributed by atoms with Gasteiger partial charge in [0.15, 0.2) is 5.78 Å². The van der Waals surface area contributed by atoms with Gasteiger partial charge in [-0.05, 0) is 55.7 Å². The van der Waals surface area contributed by atoms with E-state index in [1.54, 1.807) is 0 Å². The molecule has 2 heterocycles. The minimum absolute atomic E-state index is 0.0807. The van der Waals surface area contributed by atoms with E-state index in [0.717, 1.165) is 27.7 Å². The predicted octanol–water partition coefficient (Wildman–Crippen LogP) is 2.81. The molecule has 192 valence electrons. The quantitative estimate of drug-likeness (QED) is 0.326. The Balaban J connectivity index is 1.61. The number of ketones is 1. The Bertz CT molecular complexity index is 1210. The zero-order valence-corrected chi connectivity index (χ0v) is 21.1. The number of carbonyl (C=O) groups excluding carboxylic acids is 2.